The number of hydrogen-bond donors (Lipinski definition) is 1. The van der Waals surface area contributed by atoms with E-state index in [1.54, 1.807) is 12.1 Å². The molecular formula is C15H14Br2FN. The Balaban J connectivity index is 2.33. The zero-order valence-electron chi connectivity index (χ0n) is 10.5. The molecule has 1 atom stereocenters. The molecule has 1 nitrogen and oxygen atoms in total. The average Bonchev–Trinajstić information content (AvgIpc) is 2.33. The molecule has 2 aromatic rings. The summed E-state index contributed by atoms with van der Waals surface area (Å²) in [5.41, 5.74) is 7.32. The van der Waals surface area contributed by atoms with Crippen LogP contribution in [-0.2, 0) is 12.0 Å². The van der Waals surface area contributed by atoms with Crippen LogP contribution in [0.15, 0.2) is 51.4 Å². The van der Waals surface area contributed by atoms with Crippen molar-refractivity contribution in [3.8, 4) is 0 Å². The third-order valence-electron chi connectivity index (χ3n) is 3.05. The van der Waals surface area contributed by atoms with Gasteiger partial charge in [-0.3, -0.25) is 0 Å². The standard InChI is InChI=1S/C15H14Br2FN/c1-15(19,11-3-2-4-12(16)8-11)9-10-7-13(17)5-6-14(10)18/h2-8H,9,19H2,1H3. The third kappa shape index (κ3) is 3.65. The van der Waals surface area contributed by atoms with Crippen LogP contribution in [0.2, 0.25) is 0 Å². The Morgan fingerprint density at radius 2 is 1.79 bits per heavy atom. The number of rotatable bonds is 3. The lowest BCUT2D eigenvalue weighted by Gasteiger charge is -2.26. The molecule has 1 unspecified atom stereocenters. The molecule has 0 aliphatic carbocycles. The first-order valence-electron chi connectivity index (χ1n) is 5.87. The average molecular weight is 387 g/mol. The highest BCUT2D eigenvalue weighted by Crippen LogP contribution is 2.27. The Morgan fingerprint density at radius 3 is 2.47 bits per heavy atom. The van der Waals surface area contributed by atoms with Gasteiger partial charge in [0.2, 0.25) is 0 Å². The summed E-state index contributed by atoms with van der Waals surface area (Å²) in [6.07, 6.45) is 0.439. The lowest BCUT2D eigenvalue weighted by atomic mass is 9.86. The summed E-state index contributed by atoms with van der Waals surface area (Å²) in [7, 11) is 0. The van der Waals surface area contributed by atoms with E-state index >= 15 is 0 Å². The maximum atomic E-state index is 13.8. The molecule has 0 aromatic heterocycles. The van der Waals surface area contributed by atoms with E-state index in [1.165, 1.54) is 6.07 Å². The van der Waals surface area contributed by atoms with Crippen LogP contribution in [0.25, 0.3) is 0 Å². The van der Waals surface area contributed by atoms with Crippen LogP contribution < -0.4 is 5.73 Å². The Morgan fingerprint density at radius 1 is 1.11 bits per heavy atom. The molecule has 0 fully saturated rings. The summed E-state index contributed by atoms with van der Waals surface area (Å²) in [6.45, 7) is 1.91. The maximum absolute atomic E-state index is 13.8. The predicted molar refractivity (Wildman–Crippen MR) is 83.5 cm³/mol. The van der Waals surface area contributed by atoms with Gasteiger partial charge in [0.1, 0.15) is 5.82 Å². The second kappa shape index (κ2) is 5.73. The molecule has 100 valence electrons. The van der Waals surface area contributed by atoms with Crippen LogP contribution in [-0.4, -0.2) is 0 Å². The van der Waals surface area contributed by atoms with Gasteiger partial charge in [0.05, 0.1) is 0 Å². The number of nitrogens with two attached hydrogens (primary N) is 1. The van der Waals surface area contributed by atoms with Crippen molar-refractivity contribution in [3.63, 3.8) is 0 Å². The zero-order chi connectivity index (χ0) is 14.0. The van der Waals surface area contributed by atoms with Gasteiger partial charge < -0.3 is 5.73 Å². The first kappa shape index (κ1) is 14.7. The minimum absolute atomic E-state index is 0.227. The van der Waals surface area contributed by atoms with Gasteiger partial charge in [-0.25, -0.2) is 4.39 Å². The van der Waals surface area contributed by atoms with Gasteiger partial charge in [0.25, 0.3) is 0 Å². The van der Waals surface area contributed by atoms with Gasteiger partial charge in [0.15, 0.2) is 0 Å². The van der Waals surface area contributed by atoms with E-state index in [-0.39, 0.29) is 5.82 Å². The molecule has 0 aliphatic rings. The molecule has 0 saturated carbocycles. The van der Waals surface area contributed by atoms with E-state index < -0.39 is 5.54 Å². The summed E-state index contributed by atoms with van der Waals surface area (Å²) in [4.78, 5) is 0. The van der Waals surface area contributed by atoms with Crippen molar-refractivity contribution >= 4 is 31.9 Å². The lowest BCUT2D eigenvalue weighted by Crippen LogP contribution is -2.35. The van der Waals surface area contributed by atoms with E-state index in [2.05, 4.69) is 31.9 Å². The SMILES string of the molecule is CC(N)(Cc1cc(Br)ccc1F)c1cccc(Br)c1. The van der Waals surface area contributed by atoms with Crippen molar-refractivity contribution in [1.29, 1.82) is 0 Å². The van der Waals surface area contributed by atoms with Crippen LogP contribution in [0.4, 0.5) is 4.39 Å². The fourth-order valence-corrected chi connectivity index (χ4v) is 2.83. The van der Waals surface area contributed by atoms with E-state index in [4.69, 9.17) is 5.73 Å². The molecule has 0 radical (unpaired) electrons. The Labute approximate surface area is 129 Å². The molecule has 0 aliphatic heterocycles. The fraction of sp³-hybridized carbons (Fsp3) is 0.200. The van der Waals surface area contributed by atoms with Gasteiger partial charge in [-0.05, 0) is 54.8 Å². The first-order chi connectivity index (χ1) is 8.88. The quantitative estimate of drug-likeness (QED) is 0.807. The summed E-state index contributed by atoms with van der Waals surface area (Å²) in [5, 5.41) is 0. The summed E-state index contributed by atoms with van der Waals surface area (Å²) >= 11 is 6.79. The first-order valence-corrected chi connectivity index (χ1v) is 7.46. The van der Waals surface area contributed by atoms with E-state index in [0.29, 0.717) is 12.0 Å². The predicted octanol–water partition coefficient (Wildman–Crippen LogP) is 4.77. The molecule has 2 aromatic carbocycles. The molecule has 0 amide bonds. The van der Waals surface area contributed by atoms with Crippen molar-refractivity contribution in [2.24, 2.45) is 5.73 Å². The zero-order valence-corrected chi connectivity index (χ0v) is 13.6. The van der Waals surface area contributed by atoms with Gasteiger partial charge in [0, 0.05) is 14.5 Å². The monoisotopic (exact) mass is 385 g/mol. The Bertz CT molecular complexity index is 596. The van der Waals surface area contributed by atoms with Crippen LogP contribution in [0.1, 0.15) is 18.1 Å². The summed E-state index contributed by atoms with van der Waals surface area (Å²) in [6, 6.07) is 12.7. The number of benzene rings is 2. The van der Waals surface area contributed by atoms with E-state index in [1.807, 2.05) is 31.2 Å². The topological polar surface area (TPSA) is 26.0 Å². The van der Waals surface area contributed by atoms with E-state index in [0.717, 1.165) is 14.5 Å². The summed E-state index contributed by atoms with van der Waals surface area (Å²) in [5.74, 6) is -0.227. The highest BCUT2D eigenvalue weighted by molar-refractivity contribution is 9.10. The maximum Gasteiger partial charge on any atom is 0.126 e. The van der Waals surface area contributed by atoms with Crippen molar-refractivity contribution in [2.75, 3.05) is 0 Å². The van der Waals surface area contributed by atoms with Crippen molar-refractivity contribution in [3.05, 3.63) is 68.4 Å². The molecule has 2 N–H and O–H groups in total. The lowest BCUT2D eigenvalue weighted by molar-refractivity contribution is 0.475. The Hall–Kier alpha value is -0.710. The molecule has 4 heteroatoms. The fourth-order valence-electron chi connectivity index (χ4n) is 2.02. The smallest absolute Gasteiger partial charge is 0.126 e. The van der Waals surface area contributed by atoms with Crippen LogP contribution in [0.3, 0.4) is 0 Å². The van der Waals surface area contributed by atoms with Crippen molar-refractivity contribution in [1.82, 2.24) is 0 Å². The van der Waals surface area contributed by atoms with Crippen molar-refractivity contribution < 1.29 is 4.39 Å². The van der Waals surface area contributed by atoms with Crippen LogP contribution in [0.5, 0.6) is 0 Å². The molecule has 0 saturated heterocycles. The molecule has 0 spiro atoms. The van der Waals surface area contributed by atoms with Gasteiger partial charge in [-0.15, -0.1) is 0 Å². The summed E-state index contributed by atoms with van der Waals surface area (Å²) < 4.78 is 15.6. The molecule has 2 rings (SSSR count). The molecular weight excluding hydrogens is 373 g/mol. The van der Waals surface area contributed by atoms with Crippen LogP contribution in [0, 0.1) is 5.82 Å². The minimum Gasteiger partial charge on any atom is -0.321 e. The van der Waals surface area contributed by atoms with Crippen LogP contribution >= 0.6 is 31.9 Å². The Kier molecular flexibility index (Phi) is 4.43. The van der Waals surface area contributed by atoms with Gasteiger partial charge in [-0.1, -0.05) is 44.0 Å². The third-order valence-corrected chi connectivity index (χ3v) is 4.04. The second-order valence-electron chi connectivity index (χ2n) is 4.84. The van der Waals surface area contributed by atoms with E-state index in [9.17, 15) is 4.39 Å². The highest BCUT2D eigenvalue weighted by atomic mass is 79.9. The largest absolute Gasteiger partial charge is 0.321 e. The molecule has 19 heavy (non-hydrogen) atoms. The minimum atomic E-state index is -0.620. The number of hydrogen-bond acceptors (Lipinski definition) is 1. The molecule has 0 heterocycles. The van der Waals surface area contributed by atoms with Gasteiger partial charge >= 0.3 is 0 Å². The van der Waals surface area contributed by atoms with Gasteiger partial charge in [-0.2, -0.15) is 0 Å². The van der Waals surface area contributed by atoms with Crippen molar-refractivity contribution in [2.45, 2.75) is 18.9 Å². The highest BCUT2D eigenvalue weighted by Gasteiger charge is 2.23. The second-order valence-corrected chi connectivity index (χ2v) is 6.67. The number of halogens is 3. The normalized spacial score (nSPS) is 14.2. The molecule has 0 bridgehead atoms.